The van der Waals surface area contributed by atoms with Crippen molar-refractivity contribution in [2.45, 2.75) is 51.6 Å². The van der Waals surface area contributed by atoms with Crippen LogP contribution in [0.3, 0.4) is 0 Å². The van der Waals surface area contributed by atoms with E-state index in [4.69, 9.17) is 9.15 Å². The Bertz CT molecular complexity index is 1150. The summed E-state index contributed by atoms with van der Waals surface area (Å²) in [7, 11) is 0. The highest BCUT2D eigenvalue weighted by molar-refractivity contribution is 5.94. The normalized spacial score (nSPS) is 17.5. The predicted octanol–water partition coefficient (Wildman–Crippen LogP) is 5.18. The molecule has 0 spiro atoms. The summed E-state index contributed by atoms with van der Waals surface area (Å²) >= 11 is 0. The number of carbonyl (C=O) groups is 1. The van der Waals surface area contributed by atoms with Gasteiger partial charge in [0.05, 0.1) is 6.61 Å². The second-order valence-electron chi connectivity index (χ2n) is 9.21. The molecule has 0 unspecified atom stereocenters. The monoisotopic (exact) mass is 466 g/mol. The van der Waals surface area contributed by atoms with Crippen molar-refractivity contribution in [2.75, 3.05) is 30.3 Å². The van der Waals surface area contributed by atoms with Crippen LogP contribution in [0, 0.1) is 11.7 Å². The number of oxazole rings is 1. The van der Waals surface area contributed by atoms with Crippen LogP contribution in [-0.2, 0) is 11.3 Å². The number of piperidine rings is 1. The van der Waals surface area contributed by atoms with Gasteiger partial charge in [-0.15, -0.1) is 0 Å². The Kier molecular flexibility index (Phi) is 6.67. The fourth-order valence-electron chi connectivity index (χ4n) is 4.56. The number of carbonyl (C=O) groups excluding carboxylic acids is 1. The fraction of sp³-hybridized carbons (Fsp3) is 0.462. The van der Waals surface area contributed by atoms with E-state index < -0.39 is 0 Å². The van der Waals surface area contributed by atoms with Gasteiger partial charge in [-0.25, -0.2) is 4.39 Å². The smallest absolute Gasteiger partial charge is 0.295 e. The molecule has 34 heavy (non-hydrogen) atoms. The van der Waals surface area contributed by atoms with Crippen molar-refractivity contribution in [1.82, 2.24) is 9.88 Å². The van der Waals surface area contributed by atoms with Crippen molar-refractivity contribution in [3.05, 3.63) is 47.8 Å². The number of halogens is 1. The number of nitrogens with one attached hydrogen (secondary N) is 2. The van der Waals surface area contributed by atoms with Gasteiger partial charge in [-0.2, -0.15) is 4.98 Å². The highest BCUT2D eigenvalue weighted by Gasteiger charge is 2.25. The number of anilines is 2. The van der Waals surface area contributed by atoms with E-state index in [1.165, 1.54) is 6.07 Å². The number of nitrogens with zero attached hydrogens (tertiary/aromatic N) is 2. The molecule has 1 saturated carbocycles. The summed E-state index contributed by atoms with van der Waals surface area (Å²) in [4.78, 5) is 19.2. The average Bonchev–Trinajstić information content (AvgIpc) is 3.18. The lowest BCUT2D eigenvalue weighted by Crippen LogP contribution is -2.38. The molecule has 3 aromatic rings. The molecule has 7 nitrogen and oxygen atoms in total. The minimum absolute atomic E-state index is 0.0916. The zero-order valence-corrected chi connectivity index (χ0v) is 19.5. The maximum absolute atomic E-state index is 13.8. The summed E-state index contributed by atoms with van der Waals surface area (Å²) in [5.41, 5.74) is 3.23. The maximum atomic E-state index is 13.8. The molecule has 180 valence electrons. The van der Waals surface area contributed by atoms with Crippen molar-refractivity contribution in [3.8, 4) is 5.75 Å². The first-order valence-corrected chi connectivity index (χ1v) is 12.2. The van der Waals surface area contributed by atoms with E-state index in [2.05, 4.69) is 20.5 Å². The number of ether oxygens (including phenoxy) is 1. The van der Waals surface area contributed by atoms with Crippen LogP contribution in [0.4, 0.5) is 16.1 Å². The molecule has 0 bridgehead atoms. The van der Waals surface area contributed by atoms with E-state index in [1.54, 1.807) is 6.07 Å². The molecule has 0 radical (unpaired) electrons. The number of hydrogen-bond acceptors (Lipinski definition) is 6. The predicted molar refractivity (Wildman–Crippen MR) is 129 cm³/mol. The molecule has 5 rings (SSSR count). The van der Waals surface area contributed by atoms with Crippen LogP contribution in [0.15, 0.2) is 40.8 Å². The summed E-state index contributed by atoms with van der Waals surface area (Å²) in [6, 6.07) is 11.5. The average molecular weight is 467 g/mol. The number of benzene rings is 2. The number of hydrogen-bond donors (Lipinski definition) is 2. The first-order valence-electron chi connectivity index (χ1n) is 12.2. The number of aromatic nitrogens is 1. The number of likely N-dealkylation sites (tertiary alicyclic amines) is 1. The molecule has 2 heterocycles. The van der Waals surface area contributed by atoms with E-state index in [0.717, 1.165) is 68.5 Å². The Morgan fingerprint density at radius 2 is 2.00 bits per heavy atom. The summed E-state index contributed by atoms with van der Waals surface area (Å²) < 4.78 is 25.1. The largest absolute Gasteiger partial charge is 0.491 e. The number of rotatable bonds is 8. The standard InChI is InChI=1S/C26H31FN4O3/c1-2-33-24-14-17(6-8-21(24)27)16-31-12-10-19(11-13-31)29-26-30-22-15-20(7-9-23(22)34-26)28-25(32)18-4-3-5-18/h6-9,14-15,18-19H,2-5,10-13,16H2,1H3,(H,28,32)(H,29,30). The summed E-state index contributed by atoms with van der Waals surface area (Å²) in [6.07, 6.45) is 5.00. The highest BCUT2D eigenvalue weighted by atomic mass is 19.1. The van der Waals surface area contributed by atoms with Crippen LogP contribution in [0.5, 0.6) is 5.75 Å². The van der Waals surface area contributed by atoms with E-state index in [-0.39, 0.29) is 23.7 Å². The molecule has 0 atom stereocenters. The molecule has 8 heteroatoms. The van der Waals surface area contributed by atoms with Crippen molar-refractivity contribution in [2.24, 2.45) is 5.92 Å². The Morgan fingerprint density at radius 3 is 2.74 bits per heavy atom. The SMILES string of the molecule is CCOc1cc(CN2CCC(Nc3nc4cc(NC(=O)C5CCC5)ccc4o3)CC2)ccc1F. The van der Waals surface area contributed by atoms with Crippen LogP contribution >= 0.6 is 0 Å². The van der Waals surface area contributed by atoms with Gasteiger partial charge in [0.25, 0.3) is 6.01 Å². The van der Waals surface area contributed by atoms with E-state index in [0.29, 0.717) is 24.0 Å². The van der Waals surface area contributed by atoms with E-state index in [9.17, 15) is 9.18 Å². The van der Waals surface area contributed by atoms with Gasteiger partial charge < -0.3 is 19.8 Å². The first kappa shape index (κ1) is 22.7. The Balaban J connectivity index is 1.14. The Morgan fingerprint density at radius 1 is 1.18 bits per heavy atom. The van der Waals surface area contributed by atoms with Gasteiger partial charge in [-0.1, -0.05) is 12.5 Å². The van der Waals surface area contributed by atoms with Crippen molar-refractivity contribution >= 4 is 28.7 Å². The molecule has 2 aromatic carbocycles. The molecular weight excluding hydrogens is 435 g/mol. The second-order valence-corrected chi connectivity index (χ2v) is 9.21. The van der Waals surface area contributed by atoms with Crippen molar-refractivity contribution in [3.63, 3.8) is 0 Å². The van der Waals surface area contributed by atoms with Crippen LogP contribution < -0.4 is 15.4 Å². The molecule has 2 N–H and O–H groups in total. The summed E-state index contributed by atoms with van der Waals surface area (Å²) in [5, 5.41) is 6.41. The molecule has 1 aromatic heterocycles. The topological polar surface area (TPSA) is 79.6 Å². The quantitative estimate of drug-likeness (QED) is 0.476. The third-order valence-corrected chi connectivity index (χ3v) is 6.75. The summed E-state index contributed by atoms with van der Waals surface area (Å²) in [5.74, 6) is 0.234. The third-order valence-electron chi connectivity index (χ3n) is 6.75. The van der Waals surface area contributed by atoms with Crippen LogP contribution in [0.25, 0.3) is 11.1 Å². The van der Waals surface area contributed by atoms with Gasteiger partial charge >= 0.3 is 0 Å². The second kappa shape index (κ2) is 10.0. The van der Waals surface area contributed by atoms with Gasteiger partial charge in [0.2, 0.25) is 5.91 Å². The molecule has 1 aliphatic heterocycles. The fourth-order valence-corrected chi connectivity index (χ4v) is 4.56. The van der Waals surface area contributed by atoms with Crippen LogP contribution in [-0.4, -0.2) is 41.5 Å². The number of amides is 1. The van der Waals surface area contributed by atoms with Crippen molar-refractivity contribution < 1.29 is 18.3 Å². The zero-order valence-electron chi connectivity index (χ0n) is 19.5. The summed E-state index contributed by atoms with van der Waals surface area (Å²) in [6.45, 7) is 4.93. The van der Waals surface area contributed by atoms with Gasteiger partial charge in [0.15, 0.2) is 17.1 Å². The lowest BCUT2D eigenvalue weighted by Gasteiger charge is -2.32. The minimum Gasteiger partial charge on any atom is -0.491 e. The zero-order chi connectivity index (χ0) is 23.5. The Hall–Kier alpha value is -3.13. The van der Waals surface area contributed by atoms with Crippen molar-refractivity contribution in [1.29, 1.82) is 0 Å². The minimum atomic E-state index is -0.320. The molecule has 1 saturated heterocycles. The third kappa shape index (κ3) is 5.17. The Labute approximate surface area is 198 Å². The lowest BCUT2D eigenvalue weighted by molar-refractivity contribution is -0.122. The lowest BCUT2D eigenvalue weighted by atomic mass is 9.85. The highest BCUT2D eigenvalue weighted by Crippen LogP contribution is 2.29. The van der Waals surface area contributed by atoms with E-state index in [1.807, 2.05) is 31.2 Å². The van der Waals surface area contributed by atoms with Crippen LogP contribution in [0.2, 0.25) is 0 Å². The molecule has 2 aliphatic rings. The molecule has 2 fully saturated rings. The van der Waals surface area contributed by atoms with Gasteiger partial charge in [0.1, 0.15) is 5.52 Å². The molecule has 1 aliphatic carbocycles. The molecule has 1 amide bonds. The first-order chi connectivity index (χ1) is 16.6. The maximum Gasteiger partial charge on any atom is 0.295 e. The molecular formula is C26H31FN4O3. The van der Waals surface area contributed by atoms with Gasteiger partial charge in [-0.05, 0) is 68.5 Å². The van der Waals surface area contributed by atoms with Crippen LogP contribution in [0.1, 0.15) is 44.6 Å². The van der Waals surface area contributed by atoms with E-state index >= 15 is 0 Å². The number of fused-ring (bicyclic) bond motifs is 1. The van der Waals surface area contributed by atoms with Gasteiger partial charge in [0, 0.05) is 37.3 Å². The van der Waals surface area contributed by atoms with Gasteiger partial charge in [-0.3, -0.25) is 9.69 Å².